The van der Waals surface area contributed by atoms with Crippen LogP contribution < -0.4 is 4.31 Å². The van der Waals surface area contributed by atoms with Crippen LogP contribution in [0.1, 0.15) is 16.7 Å². The highest BCUT2D eigenvalue weighted by Crippen LogP contribution is 2.25. The number of aliphatic hydroxyl groups excluding tert-OH is 1. The lowest BCUT2D eigenvalue weighted by Crippen LogP contribution is -2.42. The van der Waals surface area contributed by atoms with E-state index in [4.69, 9.17) is 0 Å². The second kappa shape index (κ2) is 12.0. The Kier molecular flexibility index (Phi) is 8.54. The van der Waals surface area contributed by atoms with Gasteiger partial charge < -0.3 is 5.11 Å². The first-order valence-electron chi connectivity index (χ1n) is 12.0. The molecule has 0 saturated heterocycles. The number of rotatable bonds is 11. The summed E-state index contributed by atoms with van der Waals surface area (Å²) in [5.41, 5.74) is 3.75. The van der Waals surface area contributed by atoms with Crippen molar-refractivity contribution in [1.29, 1.82) is 0 Å². The lowest BCUT2D eigenvalue weighted by atomic mass is 10.1. The molecule has 0 bridgehead atoms. The van der Waals surface area contributed by atoms with Gasteiger partial charge in [-0.15, -0.1) is 0 Å². The summed E-state index contributed by atoms with van der Waals surface area (Å²) in [6, 6.07) is 35.9. The number of hydrogen-bond donors (Lipinski definition) is 1. The van der Waals surface area contributed by atoms with Crippen LogP contribution in [0.3, 0.4) is 0 Å². The molecule has 0 amide bonds. The number of sulfonamides is 1. The van der Waals surface area contributed by atoms with E-state index in [0.29, 0.717) is 25.3 Å². The van der Waals surface area contributed by atoms with Crippen molar-refractivity contribution < 1.29 is 13.5 Å². The molecule has 0 spiro atoms. The Labute approximate surface area is 214 Å². The van der Waals surface area contributed by atoms with Crippen LogP contribution in [0, 0.1) is 6.92 Å². The van der Waals surface area contributed by atoms with Crippen LogP contribution in [0.15, 0.2) is 120 Å². The number of hydrogen-bond acceptors (Lipinski definition) is 4. The van der Waals surface area contributed by atoms with E-state index in [1.54, 1.807) is 36.4 Å². The number of aryl methyl sites for hydroxylation is 1. The highest BCUT2D eigenvalue weighted by Gasteiger charge is 2.28. The molecule has 0 heterocycles. The van der Waals surface area contributed by atoms with Gasteiger partial charge >= 0.3 is 0 Å². The molecule has 5 nitrogen and oxygen atoms in total. The maximum Gasteiger partial charge on any atom is 0.264 e. The minimum Gasteiger partial charge on any atom is -0.390 e. The van der Waals surface area contributed by atoms with E-state index in [1.165, 1.54) is 4.31 Å². The van der Waals surface area contributed by atoms with Gasteiger partial charge in [-0.25, -0.2) is 8.42 Å². The topological polar surface area (TPSA) is 60.9 Å². The molecule has 4 rings (SSSR count). The quantitative estimate of drug-likeness (QED) is 0.305. The predicted octanol–water partition coefficient (Wildman–Crippen LogP) is 5.25. The van der Waals surface area contributed by atoms with Crippen molar-refractivity contribution in [1.82, 2.24) is 4.90 Å². The Morgan fingerprint density at radius 2 is 1.22 bits per heavy atom. The Morgan fingerprint density at radius 1 is 0.694 bits per heavy atom. The van der Waals surface area contributed by atoms with Gasteiger partial charge in [0.2, 0.25) is 0 Å². The monoisotopic (exact) mass is 500 g/mol. The number of aliphatic hydroxyl groups is 1. The van der Waals surface area contributed by atoms with Gasteiger partial charge in [0.15, 0.2) is 0 Å². The van der Waals surface area contributed by atoms with Crippen molar-refractivity contribution in [2.75, 3.05) is 17.4 Å². The van der Waals surface area contributed by atoms with Crippen LogP contribution >= 0.6 is 0 Å². The zero-order valence-corrected chi connectivity index (χ0v) is 21.3. The molecule has 0 unspecified atom stereocenters. The van der Waals surface area contributed by atoms with Crippen LogP contribution in [0.25, 0.3) is 0 Å². The maximum atomic E-state index is 13.6. The second-order valence-electron chi connectivity index (χ2n) is 8.98. The van der Waals surface area contributed by atoms with Crippen LogP contribution in [0.4, 0.5) is 5.69 Å². The number of nitrogens with zero attached hydrogens (tertiary/aromatic N) is 2. The third-order valence-corrected chi connectivity index (χ3v) is 7.77. The van der Waals surface area contributed by atoms with Gasteiger partial charge in [0, 0.05) is 19.6 Å². The van der Waals surface area contributed by atoms with Crippen molar-refractivity contribution in [3.05, 3.63) is 132 Å². The molecule has 1 N–H and O–H groups in total. The molecular weight excluding hydrogens is 468 g/mol. The standard InChI is InChI=1S/C30H32N2O3S/c1-25-12-11-17-28(20-25)32(36(34,35)30-18-9-4-10-19-30)24-29(33)23-31(21-26-13-5-2-6-14-26)22-27-15-7-3-8-16-27/h2-20,29,33H,21-24H2,1H3/t29-/m1/s1. The highest BCUT2D eigenvalue weighted by molar-refractivity contribution is 7.92. The van der Waals surface area contributed by atoms with Gasteiger partial charge in [0.05, 0.1) is 23.2 Å². The van der Waals surface area contributed by atoms with Gasteiger partial charge in [0.1, 0.15) is 0 Å². The molecule has 0 saturated carbocycles. The molecule has 0 fully saturated rings. The average Bonchev–Trinajstić information content (AvgIpc) is 2.89. The average molecular weight is 501 g/mol. The van der Waals surface area contributed by atoms with E-state index in [1.807, 2.05) is 61.5 Å². The van der Waals surface area contributed by atoms with Crippen molar-refractivity contribution in [2.45, 2.75) is 31.0 Å². The Hall–Kier alpha value is -3.45. The van der Waals surface area contributed by atoms with Gasteiger partial charge in [-0.3, -0.25) is 9.21 Å². The molecular formula is C30H32N2O3S. The smallest absolute Gasteiger partial charge is 0.264 e. The van der Waals surface area contributed by atoms with E-state index < -0.39 is 16.1 Å². The van der Waals surface area contributed by atoms with Crippen LogP contribution in [-0.2, 0) is 23.1 Å². The zero-order valence-electron chi connectivity index (χ0n) is 20.4. The molecule has 4 aromatic rings. The van der Waals surface area contributed by atoms with E-state index in [-0.39, 0.29) is 11.4 Å². The summed E-state index contributed by atoms with van der Waals surface area (Å²) in [4.78, 5) is 2.35. The molecule has 0 aliphatic carbocycles. The molecule has 0 aromatic heterocycles. The summed E-state index contributed by atoms with van der Waals surface area (Å²) in [6.07, 6.45) is -0.906. The van der Waals surface area contributed by atoms with E-state index in [2.05, 4.69) is 29.2 Å². The van der Waals surface area contributed by atoms with Crippen molar-refractivity contribution in [2.24, 2.45) is 0 Å². The maximum absolute atomic E-state index is 13.6. The molecule has 6 heteroatoms. The molecule has 186 valence electrons. The summed E-state index contributed by atoms with van der Waals surface area (Å²) < 4.78 is 28.6. The zero-order chi connectivity index (χ0) is 25.4. The lowest BCUT2D eigenvalue weighted by molar-refractivity contribution is 0.111. The van der Waals surface area contributed by atoms with Crippen LogP contribution in [0.2, 0.25) is 0 Å². The summed E-state index contributed by atoms with van der Waals surface area (Å²) in [5.74, 6) is 0. The molecule has 4 aromatic carbocycles. The molecule has 0 aliphatic rings. The first-order valence-corrected chi connectivity index (χ1v) is 13.5. The first kappa shape index (κ1) is 25.6. The largest absolute Gasteiger partial charge is 0.390 e. The minimum absolute atomic E-state index is 0.0548. The lowest BCUT2D eigenvalue weighted by Gasteiger charge is -2.30. The van der Waals surface area contributed by atoms with E-state index in [0.717, 1.165) is 16.7 Å². The van der Waals surface area contributed by atoms with Crippen LogP contribution in [0.5, 0.6) is 0 Å². The SMILES string of the molecule is Cc1cccc(N(C[C@H](O)CN(Cc2ccccc2)Cc2ccccc2)S(=O)(=O)c2ccccc2)c1. The number of benzene rings is 4. The highest BCUT2D eigenvalue weighted by atomic mass is 32.2. The fourth-order valence-corrected chi connectivity index (χ4v) is 5.78. The van der Waals surface area contributed by atoms with E-state index in [9.17, 15) is 13.5 Å². The fraction of sp³-hybridized carbons (Fsp3) is 0.200. The fourth-order valence-electron chi connectivity index (χ4n) is 4.26. The van der Waals surface area contributed by atoms with Crippen molar-refractivity contribution >= 4 is 15.7 Å². The van der Waals surface area contributed by atoms with Crippen molar-refractivity contribution in [3.63, 3.8) is 0 Å². The van der Waals surface area contributed by atoms with Gasteiger partial charge in [0.25, 0.3) is 10.0 Å². The van der Waals surface area contributed by atoms with Gasteiger partial charge in [-0.2, -0.15) is 0 Å². The number of anilines is 1. The molecule has 0 aliphatic heterocycles. The van der Waals surface area contributed by atoms with E-state index >= 15 is 0 Å². The summed E-state index contributed by atoms with van der Waals surface area (Å²) in [6.45, 7) is 3.47. The van der Waals surface area contributed by atoms with Gasteiger partial charge in [-0.1, -0.05) is 91.0 Å². The minimum atomic E-state index is -3.86. The molecule has 1 atom stereocenters. The molecule has 36 heavy (non-hydrogen) atoms. The third kappa shape index (κ3) is 6.82. The first-order chi connectivity index (χ1) is 17.4. The van der Waals surface area contributed by atoms with Crippen LogP contribution in [-0.4, -0.2) is 37.6 Å². The Morgan fingerprint density at radius 3 is 1.75 bits per heavy atom. The Bertz CT molecular complexity index is 1290. The molecule has 0 radical (unpaired) electrons. The van der Waals surface area contributed by atoms with Gasteiger partial charge in [-0.05, 0) is 47.9 Å². The normalized spacial score (nSPS) is 12.4. The van der Waals surface area contributed by atoms with Crippen molar-refractivity contribution in [3.8, 4) is 0 Å². The Balaban J connectivity index is 1.59. The second-order valence-corrected chi connectivity index (χ2v) is 10.8. The predicted molar refractivity (Wildman–Crippen MR) is 145 cm³/mol. The summed E-state index contributed by atoms with van der Waals surface area (Å²) >= 11 is 0. The summed E-state index contributed by atoms with van der Waals surface area (Å²) in [7, 11) is -3.86. The summed E-state index contributed by atoms with van der Waals surface area (Å²) in [5, 5.41) is 11.2. The third-order valence-electron chi connectivity index (χ3n) is 5.96.